The molecular weight excluding hydrogens is 204 g/mol. The van der Waals surface area contributed by atoms with Crippen molar-refractivity contribution < 1.29 is 4.42 Å². The first-order valence-corrected chi connectivity index (χ1v) is 6.14. The molecule has 1 aromatic rings. The van der Waals surface area contributed by atoms with E-state index in [0.29, 0.717) is 24.5 Å². The van der Waals surface area contributed by atoms with Gasteiger partial charge in [-0.25, -0.2) is 0 Å². The number of aromatic nitrogens is 2. The highest BCUT2D eigenvalue weighted by Gasteiger charge is 2.25. The number of nitrogens with two attached hydrogens (primary N) is 1. The molecule has 0 amide bonds. The predicted octanol–water partition coefficient (Wildman–Crippen LogP) is 1.69. The third-order valence-corrected chi connectivity index (χ3v) is 3.13. The zero-order valence-corrected chi connectivity index (χ0v) is 9.85. The number of piperidine rings is 1. The predicted molar refractivity (Wildman–Crippen MR) is 62.1 cm³/mol. The SMILES string of the molecule is CCCC1CCCCN1c1nnc(CN)o1. The lowest BCUT2D eigenvalue weighted by molar-refractivity contribution is 0.391. The molecule has 2 heterocycles. The quantitative estimate of drug-likeness (QED) is 0.842. The van der Waals surface area contributed by atoms with Crippen LogP contribution >= 0.6 is 0 Å². The number of nitrogens with zero attached hydrogens (tertiary/aromatic N) is 3. The van der Waals surface area contributed by atoms with Gasteiger partial charge in [-0.2, -0.15) is 0 Å². The molecule has 0 aromatic carbocycles. The second-order valence-corrected chi connectivity index (χ2v) is 4.31. The van der Waals surface area contributed by atoms with E-state index in [4.69, 9.17) is 10.2 Å². The van der Waals surface area contributed by atoms with Crippen molar-refractivity contribution in [3.8, 4) is 0 Å². The van der Waals surface area contributed by atoms with Crippen LogP contribution < -0.4 is 10.6 Å². The van der Waals surface area contributed by atoms with E-state index in [0.717, 1.165) is 6.54 Å². The molecule has 5 heteroatoms. The van der Waals surface area contributed by atoms with Crippen LogP contribution in [-0.2, 0) is 6.54 Å². The monoisotopic (exact) mass is 224 g/mol. The second kappa shape index (κ2) is 5.30. The molecule has 1 aliphatic rings. The molecule has 1 aliphatic heterocycles. The van der Waals surface area contributed by atoms with Crippen LogP contribution in [0.5, 0.6) is 0 Å². The largest absolute Gasteiger partial charge is 0.407 e. The van der Waals surface area contributed by atoms with E-state index < -0.39 is 0 Å². The first-order chi connectivity index (χ1) is 7.85. The smallest absolute Gasteiger partial charge is 0.318 e. The summed E-state index contributed by atoms with van der Waals surface area (Å²) in [6, 6.07) is 1.21. The van der Waals surface area contributed by atoms with E-state index in [1.54, 1.807) is 0 Å². The van der Waals surface area contributed by atoms with E-state index in [-0.39, 0.29) is 0 Å². The molecule has 1 aromatic heterocycles. The molecule has 5 nitrogen and oxygen atoms in total. The summed E-state index contributed by atoms with van der Waals surface area (Å²) in [4.78, 5) is 2.25. The second-order valence-electron chi connectivity index (χ2n) is 4.31. The van der Waals surface area contributed by atoms with Crippen molar-refractivity contribution in [2.75, 3.05) is 11.4 Å². The molecule has 0 radical (unpaired) electrons. The van der Waals surface area contributed by atoms with Crippen LogP contribution in [0, 0.1) is 0 Å². The van der Waals surface area contributed by atoms with Gasteiger partial charge in [0, 0.05) is 12.6 Å². The molecule has 0 spiro atoms. The van der Waals surface area contributed by atoms with Crippen LogP contribution in [0.15, 0.2) is 4.42 Å². The van der Waals surface area contributed by atoms with Gasteiger partial charge in [-0.05, 0) is 25.7 Å². The lowest BCUT2D eigenvalue weighted by atomic mass is 9.99. The number of hydrogen-bond acceptors (Lipinski definition) is 5. The Hall–Kier alpha value is -1.10. The van der Waals surface area contributed by atoms with Gasteiger partial charge < -0.3 is 15.1 Å². The van der Waals surface area contributed by atoms with Crippen molar-refractivity contribution in [1.82, 2.24) is 10.2 Å². The van der Waals surface area contributed by atoms with Crippen molar-refractivity contribution in [2.24, 2.45) is 5.73 Å². The Labute approximate surface area is 96.0 Å². The first-order valence-electron chi connectivity index (χ1n) is 6.14. The van der Waals surface area contributed by atoms with E-state index in [1.165, 1.54) is 32.1 Å². The van der Waals surface area contributed by atoms with Crippen LogP contribution in [-0.4, -0.2) is 22.8 Å². The molecule has 1 fully saturated rings. The summed E-state index contributed by atoms with van der Waals surface area (Å²) in [5, 5.41) is 7.99. The van der Waals surface area contributed by atoms with Crippen molar-refractivity contribution in [2.45, 2.75) is 51.6 Å². The van der Waals surface area contributed by atoms with Gasteiger partial charge in [0.15, 0.2) is 0 Å². The van der Waals surface area contributed by atoms with Crippen molar-refractivity contribution in [3.63, 3.8) is 0 Å². The molecule has 1 atom stereocenters. The third kappa shape index (κ3) is 2.35. The van der Waals surface area contributed by atoms with E-state index in [2.05, 4.69) is 22.0 Å². The van der Waals surface area contributed by atoms with Crippen molar-refractivity contribution in [1.29, 1.82) is 0 Å². The fraction of sp³-hybridized carbons (Fsp3) is 0.818. The van der Waals surface area contributed by atoms with Crippen LogP contribution in [0.4, 0.5) is 6.01 Å². The van der Waals surface area contributed by atoms with Crippen molar-refractivity contribution in [3.05, 3.63) is 5.89 Å². The number of anilines is 1. The lowest BCUT2D eigenvalue weighted by Crippen LogP contribution is -2.39. The number of rotatable bonds is 4. The summed E-state index contributed by atoms with van der Waals surface area (Å²) in [6.45, 7) is 3.56. The fourth-order valence-corrected chi connectivity index (χ4v) is 2.33. The minimum absolute atomic E-state index is 0.319. The highest BCUT2D eigenvalue weighted by Crippen LogP contribution is 2.26. The molecular formula is C11H20N4O. The average molecular weight is 224 g/mol. The molecule has 1 saturated heterocycles. The zero-order chi connectivity index (χ0) is 11.4. The maximum Gasteiger partial charge on any atom is 0.318 e. The molecule has 16 heavy (non-hydrogen) atoms. The summed E-state index contributed by atoms with van der Waals surface area (Å²) in [7, 11) is 0. The topological polar surface area (TPSA) is 68.2 Å². The van der Waals surface area contributed by atoms with Gasteiger partial charge in [0.2, 0.25) is 5.89 Å². The van der Waals surface area contributed by atoms with Gasteiger partial charge in [0.05, 0.1) is 6.54 Å². The van der Waals surface area contributed by atoms with Gasteiger partial charge >= 0.3 is 6.01 Å². The molecule has 0 bridgehead atoms. The third-order valence-electron chi connectivity index (χ3n) is 3.13. The van der Waals surface area contributed by atoms with Gasteiger partial charge in [-0.15, -0.1) is 5.10 Å². The molecule has 0 aliphatic carbocycles. The summed E-state index contributed by atoms with van der Waals surface area (Å²) >= 11 is 0. The molecule has 90 valence electrons. The zero-order valence-electron chi connectivity index (χ0n) is 9.85. The highest BCUT2D eigenvalue weighted by molar-refractivity contribution is 5.27. The summed E-state index contributed by atoms with van der Waals surface area (Å²) < 4.78 is 5.53. The lowest BCUT2D eigenvalue weighted by Gasteiger charge is -2.34. The number of hydrogen-bond donors (Lipinski definition) is 1. The summed E-state index contributed by atoms with van der Waals surface area (Å²) in [5.41, 5.74) is 5.47. The average Bonchev–Trinajstić information content (AvgIpc) is 2.79. The van der Waals surface area contributed by atoms with Gasteiger partial charge in [0.1, 0.15) is 0 Å². The standard InChI is InChI=1S/C11H20N4O/c1-2-5-9-6-3-4-7-15(9)11-14-13-10(8-12)16-11/h9H,2-8,12H2,1H3. The van der Waals surface area contributed by atoms with Gasteiger partial charge in [-0.3, -0.25) is 0 Å². The summed E-state index contributed by atoms with van der Waals surface area (Å²) in [5.74, 6) is 0.524. The van der Waals surface area contributed by atoms with Crippen LogP contribution in [0.2, 0.25) is 0 Å². The van der Waals surface area contributed by atoms with Crippen molar-refractivity contribution >= 4 is 6.01 Å². The van der Waals surface area contributed by atoms with Gasteiger partial charge in [0.25, 0.3) is 0 Å². The Morgan fingerprint density at radius 3 is 3.00 bits per heavy atom. The normalized spacial score (nSPS) is 21.4. The van der Waals surface area contributed by atoms with E-state index >= 15 is 0 Å². The fourth-order valence-electron chi connectivity index (χ4n) is 2.33. The Kier molecular flexibility index (Phi) is 3.77. The van der Waals surface area contributed by atoms with Crippen LogP contribution in [0.1, 0.15) is 44.9 Å². The summed E-state index contributed by atoms with van der Waals surface area (Å²) in [6.07, 6.45) is 6.13. The Balaban J connectivity index is 2.09. The molecule has 1 unspecified atom stereocenters. The Morgan fingerprint density at radius 2 is 2.31 bits per heavy atom. The molecule has 2 rings (SSSR count). The van der Waals surface area contributed by atoms with E-state index in [1.807, 2.05) is 0 Å². The molecule has 0 saturated carbocycles. The maximum absolute atomic E-state index is 5.53. The molecule has 2 N–H and O–H groups in total. The minimum Gasteiger partial charge on any atom is -0.407 e. The van der Waals surface area contributed by atoms with Crippen LogP contribution in [0.3, 0.4) is 0 Å². The highest BCUT2D eigenvalue weighted by atomic mass is 16.4. The Bertz CT molecular complexity index is 324. The first kappa shape index (κ1) is 11.4. The van der Waals surface area contributed by atoms with Crippen LogP contribution in [0.25, 0.3) is 0 Å². The maximum atomic E-state index is 5.53. The van der Waals surface area contributed by atoms with Gasteiger partial charge in [-0.1, -0.05) is 18.4 Å². The minimum atomic E-state index is 0.319. The Morgan fingerprint density at radius 1 is 1.44 bits per heavy atom. The van der Waals surface area contributed by atoms with E-state index in [9.17, 15) is 0 Å².